The van der Waals surface area contributed by atoms with E-state index in [1.807, 2.05) is 0 Å². The van der Waals surface area contributed by atoms with Gasteiger partial charge in [-0.3, -0.25) is 14.4 Å². The van der Waals surface area contributed by atoms with Gasteiger partial charge in [0.15, 0.2) is 0 Å². The first-order valence-corrected chi connectivity index (χ1v) is 6.48. The number of nitrogens with zero attached hydrogens (tertiary/aromatic N) is 4. The van der Waals surface area contributed by atoms with Gasteiger partial charge in [0, 0.05) is 38.9 Å². The van der Waals surface area contributed by atoms with E-state index in [1.165, 1.54) is 10.9 Å². The van der Waals surface area contributed by atoms with Crippen LogP contribution in [0.3, 0.4) is 0 Å². The molecule has 0 atom stereocenters. The van der Waals surface area contributed by atoms with Crippen LogP contribution in [0, 0.1) is 0 Å². The Balaban J connectivity index is 1.61. The summed E-state index contributed by atoms with van der Waals surface area (Å²) in [4.78, 5) is 16.2. The molecule has 0 radical (unpaired) electrons. The van der Waals surface area contributed by atoms with Crippen LogP contribution in [0.1, 0.15) is 0 Å². The average Bonchev–Trinajstić information content (AvgIpc) is 2.77. The van der Waals surface area contributed by atoms with Gasteiger partial charge in [0.1, 0.15) is 13.2 Å². The minimum atomic E-state index is -0.280. The fourth-order valence-electron chi connectivity index (χ4n) is 2.00. The number of nitrogens with two attached hydrogens (primary N) is 1. The van der Waals surface area contributed by atoms with Gasteiger partial charge >= 0.3 is 5.97 Å². The maximum Gasteiger partial charge on any atom is 0.327 e. The second-order valence-corrected chi connectivity index (χ2v) is 4.84. The van der Waals surface area contributed by atoms with Crippen LogP contribution in [-0.4, -0.2) is 71.9 Å². The quantitative estimate of drug-likeness (QED) is 0.708. The highest BCUT2D eigenvalue weighted by atomic mass is 16.5. The minimum absolute atomic E-state index is 0.111. The lowest BCUT2D eigenvalue weighted by Gasteiger charge is -2.32. The predicted octanol–water partition coefficient (Wildman–Crippen LogP) is -0.744. The van der Waals surface area contributed by atoms with E-state index in [9.17, 15) is 4.79 Å². The SMILES string of the molecule is CN1CCN(CCOC(=O)Cn2cc(N)cn2)CC1. The fraction of sp³-hybridized carbons (Fsp3) is 0.667. The number of ether oxygens (including phenoxy) is 1. The summed E-state index contributed by atoms with van der Waals surface area (Å²) in [7, 11) is 2.12. The molecule has 0 unspecified atom stereocenters. The van der Waals surface area contributed by atoms with Gasteiger partial charge in [-0.25, -0.2) is 0 Å². The first-order chi connectivity index (χ1) is 9.13. The Morgan fingerprint density at radius 3 is 2.79 bits per heavy atom. The molecule has 0 amide bonds. The Labute approximate surface area is 112 Å². The van der Waals surface area contributed by atoms with Crippen LogP contribution < -0.4 is 5.73 Å². The van der Waals surface area contributed by atoms with Gasteiger partial charge in [0.2, 0.25) is 0 Å². The number of carbonyl (C=O) groups excluding carboxylic acids is 1. The normalized spacial score (nSPS) is 17.5. The van der Waals surface area contributed by atoms with Crippen molar-refractivity contribution in [3.05, 3.63) is 12.4 Å². The number of nitrogen functional groups attached to an aromatic ring is 1. The zero-order valence-corrected chi connectivity index (χ0v) is 11.3. The molecular formula is C12H21N5O2. The Bertz CT molecular complexity index is 412. The number of rotatable bonds is 5. The molecule has 0 aliphatic carbocycles. The number of esters is 1. The summed E-state index contributed by atoms with van der Waals surface area (Å²) in [5, 5.41) is 3.94. The van der Waals surface area contributed by atoms with Crippen molar-refractivity contribution < 1.29 is 9.53 Å². The Morgan fingerprint density at radius 2 is 2.16 bits per heavy atom. The van der Waals surface area contributed by atoms with E-state index in [0.29, 0.717) is 12.3 Å². The van der Waals surface area contributed by atoms with Gasteiger partial charge < -0.3 is 15.4 Å². The third-order valence-corrected chi connectivity index (χ3v) is 3.21. The van der Waals surface area contributed by atoms with Crippen molar-refractivity contribution in [3.8, 4) is 0 Å². The Morgan fingerprint density at radius 1 is 1.42 bits per heavy atom. The standard InChI is InChI=1S/C12H21N5O2/c1-15-2-4-16(5-3-15)6-7-19-12(18)10-17-9-11(13)8-14-17/h8-9H,2-7,10,13H2,1H3. The van der Waals surface area contributed by atoms with Crippen LogP contribution in [-0.2, 0) is 16.1 Å². The molecule has 1 aromatic heterocycles. The Kier molecular flexibility index (Phi) is 4.75. The van der Waals surface area contributed by atoms with Crippen LogP contribution >= 0.6 is 0 Å². The van der Waals surface area contributed by atoms with Crippen LogP contribution in [0.25, 0.3) is 0 Å². The number of hydrogen-bond acceptors (Lipinski definition) is 6. The first-order valence-electron chi connectivity index (χ1n) is 6.48. The molecular weight excluding hydrogens is 246 g/mol. The van der Waals surface area contributed by atoms with Gasteiger partial charge in [-0.05, 0) is 7.05 Å². The van der Waals surface area contributed by atoms with E-state index < -0.39 is 0 Å². The molecule has 0 bridgehead atoms. The van der Waals surface area contributed by atoms with Gasteiger partial charge in [-0.2, -0.15) is 5.10 Å². The highest BCUT2D eigenvalue weighted by Crippen LogP contribution is 2.00. The smallest absolute Gasteiger partial charge is 0.327 e. The summed E-state index contributed by atoms with van der Waals surface area (Å²) in [6.07, 6.45) is 3.12. The third kappa shape index (κ3) is 4.53. The van der Waals surface area contributed by atoms with Crippen molar-refractivity contribution in [1.29, 1.82) is 0 Å². The molecule has 0 saturated carbocycles. The van der Waals surface area contributed by atoms with Crippen molar-refractivity contribution in [3.63, 3.8) is 0 Å². The minimum Gasteiger partial charge on any atom is -0.463 e. The van der Waals surface area contributed by atoms with Crippen LogP contribution in [0.15, 0.2) is 12.4 Å². The van der Waals surface area contributed by atoms with E-state index in [0.717, 1.165) is 32.7 Å². The molecule has 1 fully saturated rings. The molecule has 106 valence electrons. The summed E-state index contributed by atoms with van der Waals surface area (Å²) in [6, 6.07) is 0. The van der Waals surface area contributed by atoms with E-state index >= 15 is 0 Å². The van der Waals surface area contributed by atoms with Crippen molar-refractivity contribution in [2.24, 2.45) is 0 Å². The highest BCUT2D eigenvalue weighted by molar-refractivity contribution is 5.69. The van der Waals surface area contributed by atoms with Crippen molar-refractivity contribution in [2.75, 3.05) is 52.1 Å². The van der Waals surface area contributed by atoms with Gasteiger partial charge in [-0.1, -0.05) is 0 Å². The van der Waals surface area contributed by atoms with Gasteiger partial charge in [-0.15, -0.1) is 0 Å². The molecule has 1 saturated heterocycles. The van der Waals surface area contributed by atoms with Crippen molar-refractivity contribution >= 4 is 11.7 Å². The Hall–Kier alpha value is -1.60. The van der Waals surface area contributed by atoms with Crippen LogP contribution in [0.4, 0.5) is 5.69 Å². The second kappa shape index (κ2) is 6.53. The van der Waals surface area contributed by atoms with Crippen molar-refractivity contribution in [1.82, 2.24) is 19.6 Å². The molecule has 2 rings (SSSR count). The molecule has 0 aromatic carbocycles. The fourth-order valence-corrected chi connectivity index (χ4v) is 2.00. The number of carbonyl (C=O) groups is 1. The molecule has 7 nitrogen and oxygen atoms in total. The molecule has 1 aliphatic heterocycles. The average molecular weight is 267 g/mol. The maximum atomic E-state index is 11.6. The number of hydrogen-bond donors (Lipinski definition) is 1. The van der Waals surface area contributed by atoms with E-state index in [-0.39, 0.29) is 12.5 Å². The number of likely N-dealkylation sites (N-methyl/N-ethyl adjacent to an activating group) is 1. The zero-order valence-electron chi connectivity index (χ0n) is 11.3. The van der Waals surface area contributed by atoms with Gasteiger partial charge in [0.05, 0.1) is 11.9 Å². The number of anilines is 1. The second-order valence-electron chi connectivity index (χ2n) is 4.84. The molecule has 19 heavy (non-hydrogen) atoms. The lowest BCUT2D eigenvalue weighted by Crippen LogP contribution is -2.45. The van der Waals surface area contributed by atoms with E-state index in [4.69, 9.17) is 10.5 Å². The van der Waals surface area contributed by atoms with Crippen LogP contribution in [0.5, 0.6) is 0 Å². The third-order valence-electron chi connectivity index (χ3n) is 3.21. The maximum absolute atomic E-state index is 11.6. The molecule has 7 heteroatoms. The first kappa shape index (κ1) is 13.8. The summed E-state index contributed by atoms with van der Waals surface area (Å²) >= 11 is 0. The molecule has 1 aliphatic rings. The summed E-state index contributed by atoms with van der Waals surface area (Å²) in [6.45, 7) is 5.54. The lowest BCUT2D eigenvalue weighted by atomic mass is 10.3. The van der Waals surface area contributed by atoms with E-state index in [2.05, 4.69) is 21.9 Å². The number of piperazine rings is 1. The van der Waals surface area contributed by atoms with Crippen LogP contribution in [0.2, 0.25) is 0 Å². The summed E-state index contributed by atoms with van der Waals surface area (Å²) < 4.78 is 6.67. The summed E-state index contributed by atoms with van der Waals surface area (Å²) in [5.74, 6) is -0.280. The molecule has 1 aromatic rings. The van der Waals surface area contributed by atoms with Crippen molar-refractivity contribution in [2.45, 2.75) is 6.54 Å². The largest absolute Gasteiger partial charge is 0.463 e. The highest BCUT2D eigenvalue weighted by Gasteiger charge is 2.14. The predicted molar refractivity (Wildman–Crippen MR) is 71.5 cm³/mol. The molecule has 0 spiro atoms. The van der Waals surface area contributed by atoms with E-state index in [1.54, 1.807) is 6.20 Å². The molecule has 2 N–H and O–H groups in total. The monoisotopic (exact) mass is 267 g/mol. The summed E-state index contributed by atoms with van der Waals surface area (Å²) in [5.41, 5.74) is 6.06. The molecule has 2 heterocycles. The topological polar surface area (TPSA) is 76.6 Å². The zero-order chi connectivity index (χ0) is 13.7. The van der Waals surface area contributed by atoms with Gasteiger partial charge in [0.25, 0.3) is 0 Å². The lowest BCUT2D eigenvalue weighted by molar-refractivity contribution is -0.145. The number of aromatic nitrogens is 2.